The Kier molecular flexibility index (Phi) is 3.16. The molecule has 3 aliphatic rings. The van der Waals surface area contributed by atoms with Gasteiger partial charge in [-0.15, -0.1) is 0 Å². The summed E-state index contributed by atoms with van der Waals surface area (Å²) >= 11 is 0. The van der Waals surface area contributed by atoms with E-state index in [-0.39, 0.29) is 0 Å². The van der Waals surface area contributed by atoms with Crippen LogP contribution in [0.5, 0.6) is 0 Å². The molecule has 0 aromatic rings. The zero-order valence-electron chi connectivity index (χ0n) is 9.65. The molecule has 0 radical (unpaired) electrons. The van der Waals surface area contributed by atoms with Gasteiger partial charge >= 0.3 is 0 Å². The van der Waals surface area contributed by atoms with Crippen LogP contribution in [0.25, 0.3) is 0 Å². The molecule has 0 N–H and O–H groups in total. The molecule has 0 spiro atoms. The van der Waals surface area contributed by atoms with Gasteiger partial charge in [-0.1, -0.05) is 6.42 Å². The maximum absolute atomic E-state index is 5.70. The van der Waals surface area contributed by atoms with Crippen molar-refractivity contribution in [1.29, 1.82) is 0 Å². The van der Waals surface area contributed by atoms with Crippen LogP contribution in [0.15, 0.2) is 0 Å². The van der Waals surface area contributed by atoms with Gasteiger partial charge in [-0.05, 0) is 12.8 Å². The monoisotopic (exact) mass is 228 g/mol. The van der Waals surface area contributed by atoms with Crippen LogP contribution in [0.3, 0.4) is 0 Å². The van der Waals surface area contributed by atoms with Crippen molar-refractivity contribution in [3.05, 3.63) is 0 Å². The van der Waals surface area contributed by atoms with E-state index in [1.807, 2.05) is 0 Å². The van der Waals surface area contributed by atoms with Gasteiger partial charge in [0.25, 0.3) is 0 Å². The van der Waals surface area contributed by atoms with Crippen molar-refractivity contribution in [3.63, 3.8) is 0 Å². The fraction of sp³-hybridized carbons (Fsp3) is 1.00. The zero-order valence-corrected chi connectivity index (χ0v) is 9.65. The van der Waals surface area contributed by atoms with Crippen LogP contribution in [-0.4, -0.2) is 51.8 Å². The number of rotatable bonds is 8. The first kappa shape index (κ1) is 11.0. The van der Waals surface area contributed by atoms with Crippen LogP contribution in [-0.2, 0) is 18.9 Å². The maximum atomic E-state index is 5.70. The van der Waals surface area contributed by atoms with Crippen molar-refractivity contribution < 1.29 is 18.9 Å². The molecule has 2 unspecified atom stereocenters. The van der Waals surface area contributed by atoms with E-state index in [9.17, 15) is 0 Å². The summed E-state index contributed by atoms with van der Waals surface area (Å²) in [5, 5.41) is 0. The van der Waals surface area contributed by atoms with E-state index in [1.165, 1.54) is 19.3 Å². The van der Waals surface area contributed by atoms with Crippen molar-refractivity contribution in [1.82, 2.24) is 0 Å². The van der Waals surface area contributed by atoms with Crippen LogP contribution in [0.2, 0.25) is 0 Å². The summed E-state index contributed by atoms with van der Waals surface area (Å²) in [6.07, 6.45) is 4.54. The Morgan fingerprint density at radius 2 is 1.44 bits per heavy atom. The van der Waals surface area contributed by atoms with Crippen molar-refractivity contribution in [2.45, 2.75) is 31.5 Å². The molecule has 16 heavy (non-hydrogen) atoms. The molecule has 4 nitrogen and oxygen atoms in total. The zero-order chi connectivity index (χ0) is 10.8. The first-order chi connectivity index (χ1) is 7.86. The molecule has 92 valence electrons. The van der Waals surface area contributed by atoms with E-state index in [0.717, 1.165) is 39.6 Å². The van der Waals surface area contributed by atoms with E-state index < -0.39 is 0 Å². The van der Waals surface area contributed by atoms with Crippen molar-refractivity contribution >= 4 is 0 Å². The molecule has 1 aliphatic carbocycles. The van der Waals surface area contributed by atoms with Gasteiger partial charge in [-0.2, -0.15) is 0 Å². The predicted molar refractivity (Wildman–Crippen MR) is 57.4 cm³/mol. The fourth-order valence-electron chi connectivity index (χ4n) is 2.15. The minimum absolute atomic E-state index is 0.295. The van der Waals surface area contributed by atoms with E-state index in [1.54, 1.807) is 0 Å². The second kappa shape index (κ2) is 4.61. The summed E-state index contributed by atoms with van der Waals surface area (Å²) in [6, 6.07) is 0. The minimum Gasteiger partial charge on any atom is -0.378 e. The molecule has 3 fully saturated rings. The molecule has 2 atom stereocenters. The quantitative estimate of drug-likeness (QED) is 0.581. The molecule has 0 aromatic heterocycles. The highest BCUT2D eigenvalue weighted by Gasteiger charge is 2.38. The SMILES string of the molecule is C1CC(COCC2CO2)(COCC2CO2)C1. The Labute approximate surface area is 96.2 Å². The van der Waals surface area contributed by atoms with Gasteiger partial charge in [-0.25, -0.2) is 0 Å². The first-order valence-electron chi connectivity index (χ1n) is 6.25. The average molecular weight is 228 g/mol. The second-order valence-corrected chi connectivity index (χ2v) is 5.29. The molecule has 3 rings (SSSR count). The highest BCUT2D eigenvalue weighted by Crippen LogP contribution is 2.41. The van der Waals surface area contributed by atoms with Gasteiger partial charge in [0.05, 0.1) is 39.6 Å². The molecule has 2 saturated heterocycles. The molecule has 0 bridgehead atoms. The predicted octanol–water partition coefficient (Wildman–Crippen LogP) is 0.987. The fourth-order valence-corrected chi connectivity index (χ4v) is 2.15. The van der Waals surface area contributed by atoms with Crippen LogP contribution in [0.1, 0.15) is 19.3 Å². The average Bonchev–Trinajstić information content (AvgIpc) is 3.07. The highest BCUT2D eigenvalue weighted by molar-refractivity contribution is 4.88. The third kappa shape index (κ3) is 2.94. The van der Waals surface area contributed by atoms with E-state index in [4.69, 9.17) is 18.9 Å². The summed E-state index contributed by atoms with van der Waals surface area (Å²) in [5.74, 6) is 0. The normalized spacial score (nSPS) is 34.5. The maximum Gasteiger partial charge on any atom is 0.104 e. The lowest BCUT2D eigenvalue weighted by atomic mass is 9.70. The van der Waals surface area contributed by atoms with Crippen molar-refractivity contribution in [3.8, 4) is 0 Å². The smallest absolute Gasteiger partial charge is 0.104 e. The molecular formula is C12H20O4. The van der Waals surface area contributed by atoms with Gasteiger partial charge in [-0.3, -0.25) is 0 Å². The summed E-state index contributed by atoms with van der Waals surface area (Å²) in [5.41, 5.74) is 0.295. The lowest BCUT2D eigenvalue weighted by Gasteiger charge is -2.41. The number of hydrogen-bond acceptors (Lipinski definition) is 4. The Morgan fingerprint density at radius 1 is 0.938 bits per heavy atom. The van der Waals surface area contributed by atoms with Gasteiger partial charge in [0.2, 0.25) is 0 Å². The van der Waals surface area contributed by atoms with E-state index >= 15 is 0 Å². The molecule has 2 heterocycles. The van der Waals surface area contributed by atoms with Gasteiger partial charge in [0, 0.05) is 5.41 Å². The van der Waals surface area contributed by atoms with Gasteiger partial charge < -0.3 is 18.9 Å². The molecule has 2 aliphatic heterocycles. The molecular weight excluding hydrogens is 208 g/mol. The van der Waals surface area contributed by atoms with E-state index in [0.29, 0.717) is 17.6 Å². The minimum atomic E-state index is 0.295. The Balaban J connectivity index is 1.33. The number of epoxide rings is 2. The largest absolute Gasteiger partial charge is 0.378 e. The second-order valence-electron chi connectivity index (χ2n) is 5.29. The molecule has 0 aromatic carbocycles. The van der Waals surface area contributed by atoms with Crippen LogP contribution >= 0.6 is 0 Å². The van der Waals surface area contributed by atoms with Crippen molar-refractivity contribution in [2.24, 2.45) is 5.41 Å². The Bertz CT molecular complexity index is 211. The molecule has 4 heteroatoms. The van der Waals surface area contributed by atoms with Crippen molar-refractivity contribution in [2.75, 3.05) is 39.6 Å². The summed E-state index contributed by atoms with van der Waals surface area (Å²) < 4.78 is 21.6. The summed E-state index contributed by atoms with van der Waals surface area (Å²) in [4.78, 5) is 0. The lowest BCUT2D eigenvalue weighted by molar-refractivity contribution is -0.0696. The standard InChI is InChI=1S/C12H20O4/c1-2-12(3-1,8-13-4-10-6-15-10)9-14-5-11-7-16-11/h10-11H,1-9H2. The molecule has 1 saturated carbocycles. The van der Waals surface area contributed by atoms with Gasteiger partial charge in [0.1, 0.15) is 12.2 Å². The third-order valence-electron chi connectivity index (χ3n) is 3.64. The van der Waals surface area contributed by atoms with Crippen LogP contribution in [0, 0.1) is 5.41 Å². The third-order valence-corrected chi connectivity index (χ3v) is 3.64. The first-order valence-corrected chi connectivity index (χ1v) is 6.25. The molecule has 0 amide bonds. The number of hydrogen-bond donors (Lipinski definition) is 0. The Hall–Kier alpha value is -0.160. The topological polar surface area (TPSA) is 43.5 Å². The summed E-state index contributed by atoms with van der Waals surface area (Å²) in [7, 11) is 0. The Morgan fingerprint density at radius 3 is 1.75 bits per heavy atom. The van der Waals surface area contributed by atoms with E-state index in [2.05, 4.69) is 0 Å². The van der Waals surface area contributed by atoms with Crippen LogP contribution < -0.4 is 0 Å². The highest BCUT2D eigenvalue weighted by atomic mass is 16.6. The van der Waals surface area contributed by atoms with Gasteiger partial charge in [0.15, 0.2) is 0 Å². The number of ether oxygens (including phenoxy) is 4. The lowest BCUT2D eigenvalue weighted by Crippen LogP contribution is -2.39. The van der Waals surface area contributed by atoms with Crippen LogP contribution in [0.4, 0.5) is 0 Å². The summed E-state index contributed by atoms with van der Waals surface area (Å²) in [6.45, 7) is 4.93.